The molecule has 5 rings (SSSR count). The van der Waals surface area contributed by atoms with Crippen LogP contribution in [0.15, 0.2) is 28.8 Å². The number of epoxide rings is 1. The number of nitrogens with two attached hydrogens (primary N) is 1. The molecule has 0 spiro atoms. The maximum Gasteiger partial charge on any atom is 0.350 e. The molecule has 12 heteroatoms. The molecule has 2 saturated heterocycles. The molecule has 0 aromatic rings. The first kappa shape index (κ1) is 37.6. The number of hydrogen-bond donors (Lipinski definition) is 6. The highest BCUT2D eigenvalue weighted by Gasteiger charge is 2.86. The third kappa shape index (κ3) is 7.83. The normalized spacial score (nSPS) is 36.9. The Hall–Kier alpha value is -2.64. The van der Waals surface area contributed by atoms with Crippen molar-refractivity contribution in [3.63, 3.8) is 0 Å². The summed E-state index contributed by atoms with van der Waals surface area (Å²) in [6.07, 6.45) is 14.2. The van der Waals surface area contributed by atoms with Crippen LogP contribution in [0.4, 0.5) is 0 Å². The molecule has 2 heterocycles. The molecule has 0 amide bonds. The summed E-state index contributed by atoms with van der Waals surface area (Å²) in [6.45, 7) is 8.81. The van der Waals surface area contributed by atoms with Gasteiger partial charge in [0.25, 0.3) is 5.60 Å². The average molecular weight is 684 g/mol. The number of ketones is 2. The lowest BCUT2D eigenvalue weighted by molar-refractivity contribution is -0.160. The van der Waals surface area contributed by atoms with Crippen molar-refractivity contribution in [3.05, 3.63) is 23.8 Å². The van der Waals surface area contributed by atoms with Crippen LogP contribution < -0.4 is 32.3 Å². The van der Waals surface area contributed by atoms with E-state index in [9.17, 15) is 14.4 Å². The van der Waals surface area contributed by atoms with Gasteiger partial charge in [0.15, 0.2) is 23.1 Å². The van der Waals surface area contributed by atoms with Gasteiger partial charge in [0.2, 0.25) is 0 Å². The highest BCUT2D eigenvalue weighted by molar-refractivity contribution is 6.23. The van der Waals surface area contributed by atoms with Crippen molar-refractivity contribution >= 4 is 23.5 Å². The second kappa shape index (κ2) is 16.6. The van der Waals surface area contributed by atoms with Crippen molar-refractivity contribution in [2.75, 3.05) is 40.5 Å². The number of ether oxygens (including phenoxy) is 2. The molecule has 12 nitrogen and oxygen atoms in total. The van der Waals surface area contributed by atoms with Crippen molar-refractivity contribution < 1.29 is 23.9 Å². The van der Waals surface area contributed by atoms with E-state index in [-0.39, 0.29) is 48.8 Å². The lowest BCUT2D eigenvalue weighted by Crippen LogP contribution is -2.58. The Bertz CT molecular complexity index is 1290. The minimum Gasteiger partial charge on any atom is -0.463 e. The number of allylic oxidation sites excluding steroid dienone is 1. The number of piperidine rings is 1. The topological polar surface area (TPSA) is 171 Å². The quantitative estimate of drug-likeness (QED) is 0.0285. The van der Waals surface area contributed by atoms with Crippen molar-refractivity contribution in [2.24, 2.45) is 40.3 Å². The van der Waals surface area contributed by atoms with Crippen molar-refractivity contribution in [2.45, 2.75) is 114 Å². The van der Waals surface area contributed by atoms with E-state index in [0.29, 0.717) is 43.7 Å². The molecule has 4 unspecified atom stereocenters. The first-order valence-electron chi connectivity index (χ1n) is 18.8. The van der Waals surface area contributed by atoms with E-state index in [1.165, 1.54) is 0 Å². The van der Waals surface area contributed by atoms with Crippen LogP contribution in [-0.4, -0.2) is 93.4 Å². The second-order valence-electron chi connectivity index (χ2n) is 14.9. The van der Waals surface area contributed by atoms with Gasteiger partial charge in [-0.15, -0.1) is 0 Å². The molecule has 0 aromatic carbocycles. The summed E-state index contributed by atoms with van der Waals surface area (Å²) in [5.41, 5.74) is 3.84. The summed E-state index contributed by atoms with van der Waals surface area (Å²) in [5, 5.41) is 17.1. The van der Waals surface area contributed by atoms with Gasteiger partial charge in [-0.05, 0) is 83.8 Å². The number of likely N-dealkylation sites (N-methyl/N-ethyl adjacent to an activating group) is 1. The van der Waals surface area contributed by atoms with E-state index < -0.39 is 29.0 Å². The fourth-order valence-electron chi connectivity index (χ4n) is 8.93. The standard InChI is InChI=1S/C37H61N7O5/c1-6-24-12-13-29(41-7-2)26(19-24)21-48-34(47)37-33(46)28-11-9-8-10-27(28)32(45)36(37,49-37)16-14-23(3)18-30(44-35(38)40-5)25-15-17-42-31(20-25)43-22-39-4/h12-14,24-31,39,41-43H,6-11,15-22H2,1-5H3,(H3,38,40,44)/t24-,25?,26-,27?,28?,29+,30+,31?,36-,37-/m0/s1. The largest absolute Gasteiger partial charge is 0.463 e. The number of nitrogens with one attached hydrogen (secondary N) is 5. The SMILES string of the molecule is CCN[C@@H]1C=C[C@H](CC)C[C@H]1COC(=O)[C@]12O[C@@]1(CC=C(C)C[C@@H](NC(N)=NC)C1CCNC(NCNC)C1)C(=O)C1CCCCC1C2=O. The predicted octanol–water partition coefficient (Wildman–Crippen LogP) is 2.30. The Morgan fingerprint density at radius 3 is 2.59 bits per heavy atom. The molecule has 0 radical (unpaired) electrons. The number of Topliss-reactive ketones (excluding diaryl/α,β-unsaturated/α-hetero) is 2. The summed E-state index contributed by atoms with van der Waals surface area (Å²) in [7, 11) is 3.58. The van der Waals surface area contributed by atoms with Crippen LogP contribution in [0.1, 0.15) is 85.0 Å². The Morgan fingerprint density at radius 2 is 1.90 bits per heavy atom. The zero-order valence-corrected chi connectivity index (χ0v) is 30.3. The zero-order chi connectivity index (χ0) is 35.2. The molecule has 3 aliphatic carbocycles. The molecule has 2 saturated carbocycles. The first-order valence-corrected chi connectivity index (χ1v) is 18.8. The summed E-state index contributed by atoms with van der Waals surface area (Å²) in [6, 6.07) is 0.100. The minimum absolute atomic E-state index is 0.0147. The van der Waals surface area contributed by atoms with E-state index in [2.05, 4.69) is 57.6 Å². The zero-order valence-electron chi connectivity index (χ0n) is 30.3. The number of guanidine groups is 1. The maximum atomic E-state index is 14.3. The van der Waals surface area contributed by atoms with E-state index >= 15 is 0 Å². The number of carbonyl (C=O) groups excluding carboxylic acids is 3. The third-order valence-electron chi connectivity index (χ3n) is 11.8. The fourth-order valence-corrected chi connectivity index (χ4v) is 8.93. The molecule has 4 fully saturated rings. The summed E-state index contributed by atoms with van der Waals surface area (Å²) >= 11 is 0. The molecule has 5 aliphatic rings. The third-order valence-corrected chi connectivity index (χ3v) is 11.8. The van der Waals surface area contributed by atoms with Gasteiger partial charge in [0.1, 0.15) is 0 Å². The van der Waals surface area contributed by atoms with Crippen LogP contribution in [0.3, 0.4) is 0 Å². The van der Waals surface area contributed by atoms with Gasteiger partial charge in [-0.25, -0.2) is 4.79 Å². The maximum absolute atomic E-state index is 14.3. The van der Waals surface area contributed by atoms with Crippen LogP contribution >= 0.6 is 0 Å². The first-order chi connectivity index (χ1) is 23.6. The van der Waals surface area contributed by atoms with Gasteiger partial charge in [0.05, 0.1) is 12.8 Å². The van der Waals surface area contributed by atoms with Gasteiger partial charge < -0.3 is 36.5 Å². The van der Waals surface area contributed by atoms with Gasteiger partial charge in [-0.3, -0.25) is 19.9 Å². The molecule has 0 bridgehead atoms. The molecular formula is C37H61N7O5. The molecular weight excluding hydrogens is 622 g/mol. The minimum atomic E-state index is -1.86. The smallest absolute Gasteiger partial charge is 0.350 e. The summed E-state index contributed by atoms with van der Waals surface area (Å²) < 4.78 is 12.3. The number of hydrogen-bond acceptors (Lipinski definition) is 10. The monoisotopic (exact) mass is 683 g/mol. The molecule has 0 aromatic heterocycles. The Kier molecular flexibility index (Phi) is 12.7. The van der Waals surface area contributed by atoms with Gasteiger partial charge in [0, 0.05) is 50.0 Å². The van der Waals surface area contributed by atoms with Gasteiger partial charge in [-0.1, -0.05) is 50.5 Å². The number of esters is 1. The molecule has 2 aliphatic heterocycles. The van der Waals surface area contributed by atoms with Gasteiger partial charge >= 0.3 is 5.97 Å². The number of fused-ring (bicyclic) bond motifs is 2. The Morgan fingerprint density at radius 1 is 1.14 bits per heavy atom. The molecule has 7 N–H and O–H groups in total. The van der Waals surface area contributed by atoms with E-state index in [1.54, 1.807) is 7.05 Å². The average Bonchev–Trinajstić information content (AvgIpc) is 3.83. The van der Waals surface area contributed by atoms with Crippen molar-refractivity contribution in [3.8, 4) is 0 Å². The summed E-state index contributed by atoms with van der Waals surface area (Å²) in [4.78, 5) is 46.8. The lowest BCUT2D eigenvalue weighted by Gasteiger charge is -2.37. The van der Waals surface area contributed by atoms with Crippen LogP contribution in [-0.2, 0) is 23.9 Å². The number of rotatable bonds is 15. The highest BCUT2D eigenvalue weighted by atomic mass is 16.7. The number of aliphatic imine (C=N–C) groups is 1. The van der Waals surface area contributed by atoms with Crippen LogP contribution in [0.2, 0.25) is 0 Å². The fraction of sp³-hybridized carbons (Fsp3) is 0.784. The highest BCUT2D eigenvalue weighted by Crippen LogP contribution is 2.61. The van der Waals surface area contributed by atoms with E-state index in [1.807, 2.05) is 20.0 Å². The molecule has 274 valence electrons. The molecule has 49 heavy (non-hydrogen) atoms. The lowest BCUT2D eigenvalue weighted by atomic mass is 9.61. The Balaban J connectivity index is 1.34. The second-order valence-corrected chi connectivity index (χ2v) is 14.9. The van der Waals surface area contributed by atoms with Crippen molar-refractivity contribution in [1.82, 2.24) is 26.6 Å². The van der Waals surface area contributed by atoms with E-state index in [0.717, 1.165) is 57.2 Å². The molecule has 10 atom stereocenters. The number of carbonyl (C=O) groups is 3. The van der Waals surface area contributed by atoms with Crippen LogP contribution in [0.25, 0.3) is 0 Å². The van der Waals surface area contributed by atoms with Gasteiger partial charge in [-0.2, -0.15) is 0 Å². The van der Waals surface area contributed by atoms with Crippen LogP contribution in [0, 0.1) is 29.6 Å². The predicted molar refractivity (Wildman–Crippen MR) is 190 cm³/mol. The summed E-state index contributed by atoms with van der Waals surface area (Å²) in [5.74, 6) is -0.756. The van der Waals surface area contributed by atoms with E-state index in [4.69, 9.17) is 15.2 Å². The van der Waals surface area contributed by atoms with Crippen molar-refractivity contribution in [1.29, 1.82) is 0 Å². The Labute approximate surface area is 292 Å². The van der Waals surface area contributed by atoms with Crippen LogP contribution in [0.5, 0.6) is 0 Å². The number of nitrogens with zero attached hydrogens (tertiary/aromatic N) is 1.